The van der Waals surface area contributed by atoms with Crippen LogP contribution in [0, 0.1) is 0 Å². The molecule has 0 saturated carbocycles. The Kier molecular flexibility index (Phi) is 4.99. The quantitative estimate of drug-likeness (QED) is 0.837. The molecule has 1 N–H and O–H groups in total. The van der Waals surface area contributed by atoms with Gasteiger partial charge in [-0.3, -0.25) is 0 Å². The van der Waals surface area contributed by atoms with E-state index in [1.807, 2.05) is 18.2 Å². The van der Waals surface area contributed by atoms with Crippen molar-refractivity contribution in [2.24, 2.45) is 0 Å². The van der Waals surface area contributed by atoms with E-state index in [-0.39, 0.29) is 6.10 Å². The minimum Gasteiger partial charge on any atom is -0.497 e. The lowest BCUT2D eigenvalue weighted by Crippen LogP contribution is -2.31. The van der Waals surface area contributed by atoms with Gasteiger partial charge in [0.05, 0.1) is 25.9 Å². The minimum atomic E-state index is 0.266. The topological polar surface area (TPSA) is 39.7 Å². The van der Waals surface area contributed by atoms with Gasteiger partial charge < -0.3 is 19.5 Å². The molecule has 0 aromatic heterocycles. The Morgan fingerprint density at radius 2 is 2.26 bits per heavy atom. The first-order valence-corrected chi connectivity index (χ1v) is 6.77. The van der Waals surface area contributed by atoms with Gasteiger partial charge in [-0.15, -0.1) is 0 Å². The third kappa shape index (κ3) is 3.58. The maximum atomic E-state index is 5.56. The van der Waals surface area contributed by atoms with Crippen molar-refractivity contribution in [2.75, 3.05) is 27.4 Å². The molecule has 1 saturated heterocycles. The number of hydrogen-bond donors (Lipinski definition) is 1. The van der Waals surface area contributed by atoms with Crippen molar-refractivity contribution in [1.29, 1.82) is 0 Å². The van der Waals surface area contributed by atoms with Crippen LogP contribution in [0.2, 0.25) is 0 Å². The van der Waals surface area contributed by atoms with E-state index in [4.69, 9.17) is 26.4 Å². The molecule has 1 aliphatic heterocycles. The van der Waals surface area contributed by atoms with Crippen LogP contribution in [-0.2, 0) is 4.74 Å². The molecule has 5 heteroatoms. The summed E-state index contributed by atoms with van der Waals surface area (Å²) in [6.07, 6.45) is 2.49. The van der Waals surface area contributed by atoms with Crippen molar-refractivity contribution in [1.82, 2.24) is 5.32 Å². The predicted molar refractivity (Wildman–Crippen MR) is 78.2 cm³/mol. The molecule has 0 spiro atoms. The van der Waals surface area contributed by atoms with E-state index in [1.165, 1.54) is 0 Å². The largest absolute Gasteiger partial charge is 0.497 e. The van der Waals surface area contributed by atoms with E-state index >= 15 is 0 Å². The van der Waals surface area contributed by atoms with Crippen LogP contribution in [-0.4, -0.2) is 38.5 Å². The first-order valence-electron chi connectivity index (χ1n) is 6.36. The molecular formula is C14H19NO3S. The summed E-state index contributed by atoms with van der Waals surface area (Å²) in [6, 6.07) is 5.61. The van der Waals surface area contributed by atoms with Crippen molar-refractivity contribution in [3.8, 4) is 11.5 Å². The Morgan fingerprint density at radius 3 is 2.89 bits per heavy atom. The third-order valence-corrected chi connectivity index (χ3v) is 3.53. The van der Waals surface area contributed by atoms with Gasteiger partial charge in [0.2, 0.25) is 0 Å². The molecule has 1 aromatic carbocycles. The molecule has 0 radical (unpaired) electrons. The average molecular weight is 281 g/mol. The molecule has 0 aliphatic carbocycles. The highest BCUT2D eigenvalue weighted by Crippen LogP contribution is 2.24. The van der Waals surface area contributed by atoms with Crippen molar-refractivity contribution in [3.63, 3.8) is 0 Å². The van der Waals surface area contributed by atoms with E-state index < -0.39 is 0 Å². The maximum absolute atomic E-state index is 5.56. The van der Waals surface area contributed by atoms with Gasteiger partial charge in [0, 0.05) is 19.2 Å². The minimum absolute atomic E-state index is 0.266. The first-order chi connectivity index (χ1) is 9.24. The highest BCUT2D eigenvalue weighted by Gasteiger charge is 2.16. The van der Waals surface area contributed by atoms with E-state index in [0.29, 0.717) is 10.7 Å². The number of nitrogens with one attached hydrogen (secondary N) is 1. The van der Waals surface area contributed by atoms with Crippen LogP contribution in [0.3, 0.4) is 0 Å². The number of ether oxygens (including phenoxy) is 3. The van der Waals surface area contributed by atoms with Crippen LogP contribution in [0.4, 0.5) is 0 Å². The SMILES string of the molecule is COc1ccc(C(=S)NCC2CCCO2)c(OC)c1. The number of hydrogen-bond acceptors (Lipinski definition) is 4. The second-order valence-electron chi connectivity index (χ2n) is 4.41. The second kappa shape index (κ2) is 6.73. The zero-order valence-corrected chi connectivity index (χ0v) is 12.1. The molecule has 2 rings (SSSR count). The molecular weight excluding hydrogens is 262 g/mol. The Labute approximate surface area is 119 Å². The molecule has 1 heterocycles. The molecule has 1 atom stereocenters. The zero-order chi connectivity index (χ0) is 13.7. The molecule has 4 nitrogen and oxygen atoms in total. The van der Waals surface area contributed by atoms with E-state index in [9.17, 15) is 0 Å². The summed E-state index contributed by atoms with van der Waals surface area (Å²) in [6.45, 7) is 1.60. The van der Waals surface area contributed by atoms with Crippen LogP contribution >= 0.6 is 12.2 Å². The van der Waals surface area contributed by atoms with E-state index in [2.05, 4.69) is 5.32 Å². The number of rotatable bonds is 5. The van der Waals surface area contributed by atoms with Crippen LogP contribution in [0.1, 0.15) is 18.4 Å². The molecule has 1 unspecified atom stereocenters. The monoisotopic (exact) mass is 281 g/mol. The summed E-state index contributed by atoms with van der Waals surface area (Å²) in [4.78, 5) is 0.676. The molecule has 19 heavy (non-hydrogen) atoms. The highest BCUT2D eigenvalue weighted by atomic mass is 32.1. The summed E-state index contributed by atoms with van der Waals surface area (Å²) in [5.74, 6) is 1.46. The summed E-state index contributed by atoms with van der Waals surface area (Å²) in [5, 5.41) is 3.24. The average Bonchev–Trinajstić information content (AvgIpc) is 2.97. The van der Waals surface area contributed by atoms with Gasteiger partial charge in [-0.05, 0) is 25.0 Å². The van der Waals surface area contributed by atoms with Crippen LogP contribution in [0.15, 0.2) is 18.2 Å². The van der Waals surface area contributed by atoms with E-state index in [1.54, 1.807) is 14.2 Å². The van der Waals surface area contributed by atoms with Crippen LogP contribution in [0.5, 0.6) is 11.5 Å². The molecule has 1 aliphatic rings. The van der Waals surface area contributed by atoms with Crippen molar-refractivity contribution < 1.29 is 14.2 Å². The lowest BCUT2D eigenvalue weighted by molar-refractivity contribution is 0.114. The van der Waals surface area contributed by atoms with Crippen LogP contribution in [0.25, 0.3) is 0 Å². The summed E-state index contributed by atoms with van der Waals surface area (Å²) in [7, 11) is 3.25. The molecule has 1 aromatic rings. The highest BCUT2D eigenvalue weighted by molar-refractivity contribution is 7.80. The lowest BCUT2D eigenvalue weighted by Gasteiger charge is -2.15. The summed E-state index contributed by atoms with van der Waals surface area (Å²) < 4.78 is 16.1. The smallest absolute Gasteiger partial charge is 0.132 e. The second-order valence-corrected chi connectivity index (χ2v) is 4.82. The van der Waals surface area contributed by atoms with Gasteiger partial charge in [0.1, 0.15) is 16.5 Å². The van der Waals surface area contributed by atoms with Gasteiger partial charge in [-0.1, -0.05) is 12.2 Å². The van der Waals surface area contributed by atoms with Crippen molar-refractivity contribution in [3.05, 3.63) is 23.8 Å². The summed E-state index contributed by atoms with van der Waals surface area (Å²) in [5.41, 5.74) is 0.872. The predicted octanol–water partition coefficient (Wildman–Crippen LogP) is 2.15. The maximum Gasteiger partial charge on any atom is 0.132 e. The van der Waals surface area contributed by atoms with Crippen molar-refractivity contribution >= 4 is 17.2 Å². The van der Waals surface area contributed by atoms with Gasteiger partial charge in [0.25, 0.3) is 0 Å². The summed E-state index contributed by atoms with van der Waals surface area (Å²) >= 11 is 5.40. The van der Waals surface area contributed by atoms with Gasteiger partial charge in [-0.2, -0.15) is 0 Å². The number of thiocarbonyl (C=S) groups is 1. The Hall–Kier alpha value is -1.33. The molecule has 0 bridgehead atoms. The lowest BCUT2D eigenvalue weighted by atomic mass is 10.1. The number of benzene rings is 1. The van der Waals surface area contributed by atoms with Crippen molar-refractivity contribution in [2.45, 2.75) is 18.9 Å². The Balaban J connectivity index is 2.01. The zero-order valence-electron chi connectivity index (χ0n) is 11.3. The Bertz CT molecular complexity index is 444. The van der Waals surface area contributed by atoms with Crippen LogP contribution < -0.4 is 14.8 Å². The molecule has 0 amide bonds. The Morgan fingerprint density at radius 1 is 1.42 bits per heavy atom. The molecule has 104 valence electrons. The fourth-order valence-corrected chi connectivity index (χ4v) is 2.35. The fraction of sp³-hybridized carbons (Fsp3) is 0.500. The third-order valence-electron chi connectivity index (χ3n) is 3.17. The standard InChI is InChI=1S/C14H19NO3S/c1-16-10-5-6-12(13(8-10)17-2)14(19)15-9-11-4-3-7-18-11/h5-6,8,11H,3-4,7,9H2,1-2H3,(H,15,19). The van der Waals surface area contributed by atoms with Gasteiger partial charge >= 0.3 is 0 Å². The normalized spacial score (nSPS) is 18.1. The van der Waals surface area contributed by atoms with E-state index in [0.717, 1.165) is 37.3 Å². The fourth-order valence-electron chi connectivity index (χ4n) is 2.09. The number of methoxy groups -OCH3 is 2. The first kappa shape index (κ1) is 14.1. The van der Waals surface area contributed by atoms with Gasteiger partial charge in [0.15, 0.2) is 0 Å². The van der Waals surface area contributed by atoms with Gasteiger partial charge in [-0.25, -0.2) is 0 Å². The molecule has 1 fully saturated rings.